The van der Waals surface area contributed by atoms with E-state index in [1.54, 1.807) is 6.20 Å². The smallest absolute Gasteiger partial charge is 0.156 e. The molecule has 0 atom stereocenters. The van der Waals surface area contributed by atoms with Crippen LogP contribution in [-0.4, -0.2) is 40.7 Å². The summed E-state index contributed by atoms with van der Waals surface area (Å²) in [5.41, 5.74) is -0.711. The Balaban J connectivity index is 1.78. The minimum atomic E-state index is -0.711. The van der Waals surface area contributed by atoms with Gasteiger partial charge < -0.3 is 15.2 Å². The number of aromatic nitrogens is 2. The van der Waals surface area contributed by atoms with Crippen LogP contribution in [0.25, 0.3) is 10.8 Å². The number of aliphatic hydroxyl groups is 1. The summed E-state index contributed by atoms with van der Waals surface area (Å²) in [6.45, 7) is 1.69. The Morgan fingerprint density at radius 2 is 2.05 bits per heavy atom. The van der Waals surface area contributed by atoms with E-state index in [4.69, 9.17) is 4.74 Å². The van der Waals surface area contributed by atoms with Crippen LogP contribution in [0, 0.1) is 0 Å². The Bertz CT molecular complexity index is 562. The predicted octanol–water partition coefficient (Wildman–Crippen LogP) is 1.58. The average molecular weight is 259 g/mol. The number of fused-ring (bicyclic) bond motifs is 1. The number of anilines is 1. The largest absolute Gasteiger partial charge is 0.388 e. The summed E-state index contributed by atoms with van der Waals surface area (Å²) >= 11 is 0. The number of nitrogens with one attached hydrogen (secondary N) is 1. The molecular weight excluding hydrogens is 242 g/mol. The van der Waals surface area contributed by atoms with Gasteiger partial charge in [0.25, 0.3) is 0 Å². The van der Waals surface area contributed by atoms with Crippen LogP contribution in [0.1, 0.15) is 12.8 Å². The van der Waals surface area contributed by atoms with E-state index >= 15 is 0 Å². The summed E-state index contributed by atoms with van der Waals surface area (Å²) in [7, 11) is 0. The molecule has 0 radical (unpaired) electrons. The fourth-order valence-electron chi connectivity index (χ4n) is 2.33. The van der Waals surface area contributed by atoms with Gasteiger partial charge in [-0.2, -0.15) is 5.10 Å². The molecule has 1 aliphatic heterocycles. The molecule has 3 rings (SSSR count). The van der Waals surface area contributed by atoms with E-state index in [-0.39, 0.29) is 0 Å². The Hall–Kier alpha value is -1.72. The van der Waals surface area contributed by atoms with Crippen molar-refractivity contribution in [3.63, 3.8) is 0 Å². The van der Waals surface area contributed by atoms with Crippen molar-refractivity contribution >= 4 is 16.6 Å². The molecule has 5 nitrogen and oxygen atoms in total. The highest BCUT2D eigenvalue weighted by Gasteiger charge is 2.29. The molecule has 0 spiro atoms. The molecule has 1 saturated heterocycles. The van der Waals surface area contributed by atoms with E-state index in [1.165, 1.54) is 0 Å². The van der Waals surface area contributed by atoms with Crippen molar-refractivity contribution in [2.45, 2.75) is 18.4 Å². The predicted molar refractivity (Wildman–Crippen MR) is 73.0 cm³/mol. The average Bonchev–Trinajstić information content (AvgIpc) is 2.46. The normalized spacial score (nSPS) is 18.4. The number of hydrogen-bond donors (Lipinski definition) is 2. The van der Waals surface area contributed by atoms with Crippen molar-refractivity contribution in [2.24, 2.45) is 0 Å². The molecule has 2 N–H and O–H groups in total. The Labute approximate surface area is 111 Å². The fourth-order valence-corrected chi connectivity index (χ4v) is 2.33. The van der Waals surface area contributed by atoms with Crippen molar-refractivity contribution in [3.8, 4) is 0 Å². The SMILES string of the molecule is OC1(CNc2nncc3ccccc23)CCOCC1. The minimum Gasteiger partial charge on any atom is -0.388 e. The molecule has 0 aliphatic carbocycles. The van der Waals surface area contributed by atoms with Crippen molar-refractivity contribution < 1.29 is 9.84 Å². The summed E-state index contributed by atoms with van der Waals surface area (Å²) in [6, 6.07) is 7.94. The lowest BCUT2D eigenvalue weighted by Gasteiger charge is -2.32. The maximum atomic E-state index is 10.4. The quantitative estimate of drug-likeness (QED) is 0.876. The van der Waals surface area contributed by atoms with Crippen LogP contribution in [-0.2, 0) is 4.74 Å². The third kappa shape index (κ3) is 2.67. The van der Waals surface area contributed by atoms with E-state index in [9.17, 15) is 5.11 Å². The molecule has 0 saturated carbocycles. The van der Waals surface area contributed by atoms with Crippen LogP contribution in [0.2, 0.25) is 0 Å². The first-order chi connectivity index (χ1) is 9.27. The Kier molecular flexibility index (Phi) is 3.31. The fraction of sp³-hybridized carbons (Fsp3) is 0.429. The van der Waals surface area contributed by atoms with Crippen LogP contribution in [0.4, 0.5) is 5.82 Å². The van der Waals surface area contributed by atoms with Crippen molar-refractivity contribution in [3.05, 3.63) is 30.5 Å². The first kappa shape index (κ1) is 12.3. The van der Waals surface area contributed by atoms with Crippen LogP contribution >= 0.6 is 0 Å². The first-order valence-corrected chi connectivity index (χ1v) is 6.51. The van der Waals surface area contributed by atoms with E-state index < -0.39 is 5.60 Å². The molecule has 100 valence electrons. The lowest BCUT2D eigenvalue weighted by atomic mass is 9.94. The molecule has 0 bridgehead atoms. The molecule has 1 aliphatic rings. The van der Waals surface area contributed by atoms with Crippen LogP contribution < -0.4 is 5.32 Å². The number of ether oxygens (including phenoxy) is 1. The topological polar surface area (TPSA) is 67.3 Å². The van der Waals surface area contributed by atoms with E-state index in [0.717, 1.165) is 16.6 Å². The van der Waals surface area contributed by atoms with Crippen LogP contribution in [0.15, 0.2) is 30.5 Å². The van der Waals surface area contributed by atoms with E-state index in [1.807, 2.05) is 24.3 Å². The van der Waals surface area contributed by atoms with E-state index in [0.29, 0.717) is 32.6 Å². The number of nitrogens with zero attached hydrogens (tertiary/aromatic N) is 2. The molecule has 1 aromatic heterocycles. The zero-order valence-electron chi connectivity index (χ0n) is 10.7. The van der Waals surface area contributed by atoms with Crippen LogP contribution in [0.3, 0.4) is 0 Å². The Morgan fingerprint density at radius 1 is 1.26 bits per heavy atom. The van der Waals surface area contributed by atoms with Crippen molar-refractivity contribution in [2.75, 3.05) is 25.1 Å². The number of rotatable bonds is 3. The lowest BCUT2D eigenvalue weighted by molar-refractivity contribution is -0.0543. The monoisotopic (exact) mass is 259 g/mol. The van der Waals surface area contributed by atoms with E-state index in [2.05, 4.69) is 15.5 Å². The van der Waals surface area contributed by atoms with Gasteiger partial charge in [-0.05, 0) is 0 Å². The third-order valence-electron chi connectivity index (χ3n) is 3.58. The summed E-state index contributed by atoms with van der Waals surface area (Å²) < 4.78 is 5.27. The maximum absolute atomic E-state index is 10.4. The molecule has 5 heteroatoms. The lowest BCUT2D eigenvalue weighted by Crippen LogP contribution is -2.42. The zero-order valence-corrected chi connectivity index (χ0v) is 10.7. The van der Waals surface area contributed by atoms with Gasteiger partial charge in [0.05, 0.1) is 11.8 Å². The maximum Gasteiger partial charge on any atom is 0.156 e. The second kappa shape index (κ2) is 5.11. The zero-order chi connectivity index (χ0) is 13.1. The van der Waals surface area contributed by atoms with Gasteiger partial charge in [-0.1, -0.05) is 24.3 Å². The first-order valence-electron chi connectivity index (χ1n) is 6.51. The highest BCUT2D eigenvalue weighted by atomic mass is 16.5. The van der Waals surface area contributed by atoms with Crippen LogP contribution in [0.5, 0.6) is 0 Å². The second-order valence-electron chi connectivity index (χ2n) is 4.97. The minimum absolute atomic E-state index is 0.471. The van der Waals surface area contributed by atoms with Gasteiger partial charge in [-0.15, -0.1) is 5.10 Å². The summed E-state index contributed by atoms with van der Waals surface area (Å²) in [6.07, 6.45) is 3.04. The van der Waals surface area contributed by atoms with Crippen molar-refractivity contribution in [1.29, 1.82) is 0 Å². The van der Waals surface area contributed by atoms with Gasteiger partial charge in [0.2, 0.25) is 0 Å². The highest BCUT2D eigenvalue weighted by molar-refractivity contribution is 5.90. The van der Waals surface area contributed by atoms with Crippen molar-refractivity contribution in [1.82, 2.24) is 10.2 Å². The molecule has 0 amide bonds. The molecule has 19 heavy (non-hydrogen) atoms. The molecule has 2 heterocycles. The highest BCUT2D eigenvalue weighted by Crippen LogP contribution is 2.23. The molecular formula is C14H17N3O2. The standard InChI is InChI=1S/C14H17N3O2/c18-14(5-7-19-8-6-14)10-15-13-12-4-2-1-3-11(12)9-16-17-13/h1-4,9,18H,5-8,10H2,(H,15,17). The van der Waals surface area contributed by atoms with Gasteiger partial charge in [-0.25, -0.2) is 0 Å². The van der Waals surface area contributed by atoms with Gasteiger partial charge in [0, 0.05) is 43.4 Å². The second-order valence-corrected chi connectivity index (χ2v) is 4.97. The summed E-state index contributed by atoms with van der Waals surface area (Å²) in [5, 5.41) is 23.8. The molecule has 1 aromatic carbocycles. The van der Waals surface area contributed by atoms with Gasteiger partial charge >= 0.3 is 0 Å². The molecule has 1 fully saturated rings. The number of benzene rings is 1. The van der Waals surface area contributed by atoms with Gasteiger partial charge in [0.15, 0.2) is 5.82 Å². The van der Waals surface area contributed by atoms with Gasteiger partial charge in [-0.3, -0.25) is 0 Å². The third-order valence-corrected chi connectivity index (χ3v) is 3.58. The summed E-state index contributed by atoms with van der Waals surface area (Å²) in [4.78, 5) is 0. The summed E-state index contributed by atoms with van der Waals surface area (Å²) in [5.74, 6) is 0.720. The Morgan fingerprint density at radius 3 is 2.89 bits per heavy atom. The molecule has 0 unspecified atom stereocenters. The molecule has 2 aromatic rings. The van der Waals surface area contributed by atoms with Gasteiger partial charge in [0.1, 0.15) is 0 Å². The number of hydrogen-bond acceptors (Lipinski definition) is 5.